The molecule has 2 aromatic rings. The van der Waals surface area contributed by atoms with Gasteiger partial charge in [-0.2, -0.15) is 0 Å². The van der Waals surface area contributed by atoms with Gasteiger partial charge in [0.2, 0.25) is 0 Å². The number of aryl methyl sites for hydroxylation is 1. The van der Waals surface area contributed by atoms with Crippen molar-refractivity contribution in [2.24, 2.45) is 5.92 Å². The minimum Gasteiger partial charge on any atom is -0.354 e. The second-order valence-corrected chi connectivity index (χ2v) is 7.91. The maximum absolute atomic E-state index is 12.5. The number of aromatic amines is 1. The lowest BCUT2D eigenvalue weighted by Gasteiger charge is -2.32. The van der Waals surface area contributed by atoms with E-state index < -0.39 is 0 Å². The third-order valence-corrected chi connectivity index (χ3v) is 5.80. The fraction of sp³-hybridized carbons (Fsp3) is 0.478. The lowest BCUT2D eigenvalue weighted by atomic mass is 9.90. The Bertz CT molecular complexity index is 818. The van der Waals surface area contributed by atoms with Crippen LogP contribution >= 0.6 is 0 Å². The Hall–Kier alpha value is -2.40. The number of carbonyl (C=O) groups is 2. The number of likely N-dealkylation sites (tertiary alicyclic amines) is 1. The lowest BCUT2D eigenvalue weighted by molar-refractivity contribution is 0.0938. The van der Waals surface area contributed by atoms with Gasteiger partial charge in [-0.05, 0) is 70.2 Å². The van der Waals surface area contributed by atoms with Crippen LogP contribution in [-0.2, 0) is 6.42 Å². The fourth-order valence-electron chi connectivity index (χ4n) is 4.28. The molecule has 0 atom stereocenters. The van der Waals surface area contributed by atoms with Gasteiger partial charge in [0, 0.05) is 24.3 Å². The number of ketones is 1. The summed E-state index contributed by atoms with van der Waals surface area (Å²) in [6.45, 7) is 8.85. The molecule has 2 N–H and O–H groups in total. The van der Waals surface area contributed by atoms with Crippen LogP contribution in [0, 0.1) is 19.8 Å². The van der Waals surface area contributed by atoms with Crippen LogP contribution in [0.4, 0.5) is 0 Å². The maximum Gasteiger partial charge on any atom is 0.268 e. The van der Waals surface area contributed by atoms with Crippen molar-refractivity contribution in [1.82, 2.24) is 15.2 Å². The van der Waals surface area contributed by atoms with Crippen LogP contribution in [0.25, 0.3) is 0 Å². The van der Waals surface area contributed by atoms with Gasteiger partial charge in [-0.3, -0.25) is 9.59 Å². The minimum atomic E-state index is -0.132. The highest BCUT2D eigenvalue weighted by molar-refractivity contribution is 6.02. The number of nitrogens with zero attached hydrogens (tertiary/aromatic N) is 1. The van der Waals surface area contributed by atoms with Gasteiger partial charge < -0.3 is 15.2 Å². The SMILES string of the molecule is CC(=O)c1c(C)[nH]c(C(=O)NCCN2CCC(Cc3ccccc3)CC2)c1C. The van der Waals surface area contributed by atoms with Crippen LogP contribution < -0.4 is 5.32 Å². The molecule has 0 spiro atoms. The third kappa shape index (κ3) is 4.90. The summed E-state index contributed by atoms with van der Waals surface area (Å²) < 4.78 is 0. The smallest absolute Gasteiger partial charge is 0.268 e. The van der Waals surface area contributed by atoms with Gasteiger partial charge in [0.1, 0.15) is 5.69 Å². The Morgan fingerprint density at radius 2 is 1.82 bits per heavy atom. The van der Waals surface area contributed by atoms with Gasteiger partial charge in [0.25, 0.3) is 5.91 Å². The van der Waals surface area contributed by atoms with Crippen molar-refractivity contribution in [3.63, 3.8) is 0 Å². The van der Waals surface area contributed by atoms with E-state index in [1.54, 1.807) is 0 Å². The zero-order chi connectivity index (χ0) is 20.1. The average molecular weight is 382 g/mol. The number of amides is 1. The quantitative estimate of drug-likeness (QED) is 0.721. The third-order valence-electron chi connectivity index (χ3n) is 5.80. The first-order valence-corrected chi connectivity index (χ1v) is 10.2. The van der Waals surface area contributed by atoms with Crippen LogP contribution in [-0.4, -0.2) is 47.8 Å². The molecule has 28 heavy (non-hydrogen) atoms. The van der Waals surface area contributed by atoms with E-state index in [0.717, 1.165) is 43.2 Å². The Labute approximate surface area is 167 Å². The number of Topliss-reactive ketones (excluding diaryl/α,β-unsaturated/α-hetero) is 1. The molecule has 1 aliphatic rings. The standard InChI is InChI=1S/C23H31N3O2/c1-16-21(18(3)27)17(2)25-22(16)23(28)24-11-14-26-12-9-20(10-13-26)15-19-7-5-4-6-8-19/h4-8,20,25H,9-15H2,1-3H3,(H,24,28). The monoisotopic (exact) mass is 381 g/mol. The molecule has 0 bridgehead atoms. The zero-order valence-corrected chi connectivity index (χ0v) is 17.2. The maximum atomic E-state index is 12.5. The van der Waals surface area contributed by atoms with E-state index in [1.165, 1.54) is 25.3 Å². The van der Waals surface area contributed by atoms with E-state index in [-0.39, 0.29) is 11.7 Å². The topological polar surface area (TPSA) is 65.2 Å². The van der Waals surface area contributed by atoms with Crippen LogP contribution in [0.5, 0.6) is 0 Å². The van der Waals surface area contributed by atoms with Crippen LogP contribution in [0.15, 0.2) is 30.3 Å². The van der Waals surface area contributed by atoms with E-state index in [2.05, 4.69) is 45.5 Å². The van der Waals surface area contributed by atoms with Crippen molar-refractivity contribution < 1.29 is 9.59 Å². The number of benzene rings is 1. The summed E-state index contributed by atoms with van der Waals surface area (Å²) in [6.07, 6.45) is 3.58. The number of hydrogen-bond acceptors (Lipinski definition) is 3. The normalized spacial score (nSPS) is 15.5. The Balaban J connectivity index is 1.42. The molecule has 5 heteroatoms. The number of piperidine rings is 1. The molecule has 1 aromatic heterocycles. The highest BCUT2D eigenvalue weighted by Crippen LogP contribution is 2.21. The van der Waals surface area contributed by atoms with Crippen molar-refractivity contribution in [3.05, 3.63) is 58.4 Å². The van der Waals surface area contributed by atoms with Crippen molar-refractivity contribution in [3.8, 4) is 0 Å². The Kier molecular flexibility index (Phi) is 6.68. The van der Waals surface area contributed by atoms with Gasteiger partial charge in [0.15, 0.2) is 5.78 Å². The molecule has 1 saturated heterocycles. The molecule has 0 unspecified atom stereocenters. The zero-order valence-electron chi connectivity index (χ0n) is 17.2. The van der Waals surface area contributed by atoms with E-state index in [1.807, 2.05) is 13.8 Å². The van der Waals surface area contributed by atoms with Crippen LogP contribution in [0.3, 0.4) is 0 Å². The first-order chi connectivity index (χ1) is 13.5. The molecule has 0 radical (unpaired) electrons. The highest BCUT2D eigenvalue weighted by Gasteiger charge is 2.21. The van der Waals surface area contributed by atoms with Gasteiger partial charge in [0.05, 0.1) is 0 Å². The first kappa shape index (κ1) is 20.3. The average Bonchev–Trinajstić information content (AvgIpc) is 2.98. The van der Waals surface area contributed by atoms with E-state index >= 15 is 0 Å². The number of hydrogen-bond donors (Lipinski definition) is 2. The second kappa shape index (κ2) is 9.20. The fourth-order valence-corrected chi connectivity index (χ4v) is 4.28. The number of aromatic nitrogens is 1. The number of H-pyrrole nitrogens is 1. The molecule has 150 valence electrons. The Morgan fingerprint density at radius 3 is 2.43 bits per heavy atom. The highest BCUT2D eigenvalue weighted by atomic mass is 16.2. The summed E-state index contributed by atoms with van der Waals surface area (Å²) in [4.78, 5) is 29.7. The molecule has 0 saturated carbocycles. The Morgan fingerprint density at radius 1 is 1.14 bits per heavy atom. The molecule has 5 nitrogen and oxygen atoms in total. The van der Waals surface area contributed by atoms with E-state index in [0.29, 0.717) is 17.8 Å². The molecular formula is C23H31N3O2. The largest absolute Gasteiger partial charge is 0.354 e. The molecule has 0 aliphatic carbocycles. The van der Waals surface area contributed by atoms with E-state index in [4.69, 9.17) is 0 Å². The van der Waals surface area contributed by atoms with Crippen LogP contribution in [0.1, 0.15) is 57.4 Å². The van der Waals surface area contributed by atoms with Gasteiger partial charge in [-0.1, -0.05) is 30.3 Å². The van der Waals surface area contributed by atoms with Gasteiger partial charge in [-0.25, -0.2) is 0 Å². The number of rotatable bonds is 7. The first-order valence-electron chi connectivity index (χ1n) is 10.2. The lowest BCUT2D eigenvalue weighted by Crippen LogP contribution is -2.40. The minimum absolute atomic E-state index is 0.0105. The molecule has 2 heterocycles. The summed E-state index contributed by atoms with van der Waals surface area (Å²) in [7, 11) is 0. The molecule has 1 fully saturated rings. The predicted molar refractivity (Wildman–Crippen MR) is 112 cm³/mol. The summed E-state index contributed by atoms with van der Waals surface area (Å²) in [6, 6.07) is 10.7. The van der Waals surface area contributed by atoms with Crippen molar-refractivity contribution >= 4 is 11.7 Å². The van der Waals surface area contributed by atoms with E-state index in [9.17, 15) is 9.59 Å². The molecule has 1 aliphatic heterocycles. The summed E-state index contributed by atoms with van der Waals surface area (Å²) >= 11 is 0. The molecular weight excluding hydrogens is 350 g/mol. The van der Waals surface area contributed by atoms with Crippen molar-refractivity contribution in [2.45, 2.75) is 40.0 Å². The summed E-state index contributed by atoms with van der Waals surface area (Å²) in [5.74, 6) is 0.610. The van der Waals surface area contributed by atoms with Crippen LogP contribution in [0.2, 0.25) is 0 Å². The van der Waals surface area contributed by atoms with Gasteiger partial charge in [-0.15, -0.1) is 0 Å². The number of carbonyl (C=O) groups excluding carboxylic acids is 2. The number of nitrogens with one attached hydrogen (secondary N) is 2. The summed E-state index contributed by atoms with van der Waals surface area (Å²) in [5.41, 5.74) is 4.06. The molecule has 1 aromatic carbocycles. The molecule has 3 rings (SSSR count). The summed E-state index contributed by atoms with van der Waals surface area (Å²) in [5, 5.41) is 2.99. The second-order valence-electron chi connectivity index (χ2n) is 7.91. The predicted octanol–water partition coefficient (Wildman–Crippen LogP) is 3.52. The van der Waals surface area contributed by atoms with Crippen molar-refractivity contribution in [2.75, 3.05) is 26.2 Å². The van der Waals surface area contributed by atoms with Gasteiger partial charge >= 0.3 is 0 Å². The van der Waals surface area contributed by atoms with Crippen molar-refractivity contribution in [1.29, 1.82) is 0 Å². The molecule has 1 amide bonds.